The van der Waals surface area contributed by atoms with Gasteiger partial charge in [-0.05, 0) is 31.7 Å². The van der Waals surface area contributed by atoms with Crippen molar-refractivity contribution in [1.29, 1.82) is 0 Å². The van der Waals surface area contributed by atoms with Crippen molar-refractivity contribution in [3.63, 3.8) is 0 Å². The van der Waals surface area contributed by atoms with Gasteiger partial charge in [0.25, 0.3) is 0 Å². The molecule has 0 bridgehead atoms. The van der Waals surface area contributed by atoms with Gasteiger partial charge in [-0.2, -0.15) is 0 Å². The summed E-state index contributed by atoms with van der Waals surface area (Å²) in [5, 5.41) is 10.3. The first-order chi connectivity index (χ1) is 8.84. The van der Waals surface area contributed by atoms with Crippen molar-refractivity contribution >= 4 is 22.4 Å². The number of ether oxygens (including phenoxy) is 1. The van der Waals surface area contributed by atoms with Crippen LogP contribution in [0.5, 0.6) is 5.88 Å². The second-order valence-electron chi connectivity index (χ2n) is 4.72. The van der Waals surface area contributed by atoms with Crippen molar-refractivity contribution in [3.8, 4) is 5.88 Å². The van der Waals surface area contributed by atoms with Crippen LogP contribution in [0.2, 0.25) is 5.15 Å². The molecule has 1 fully saturated rings. The minimum absolute atomic E-state index is 0.276. The number of rotatable bonds is 2. The lowest BCUT2D eigenvalue weighted by Crippen LogP contribution is -2.20. The fraction of sp³-hybridized carbons (Fsp3) is 0.429. The maximum atomic E-state index is 6.04. The standard InChI is InChI=1S/C14H15ClN2O/c15-13-11-8-4-5-9-12(11)14(17-16-13)18-10-6-2-1-3-7-10/h4-5,8-10H,1-3,6-7H2. The smallest absolute Gasteiger partial charge is 0.241 e. The Morgan fingerprint density at radius 1 is 1.00 bits per heavy atom. The Balaban J connectivity index is 1.94. The molecule has 0 unspecified atom stereocenters. The summed E-state index contributed by atoms with van der Waals surface area (Å²) in [6, 6.07) is 7.84. The van der Waals surface area contributed by atoms with Crippen LogP contribution < -0.4 is 4.74 Å². The van der Waals surface area contributed by atoms with E-state index < -0.39 is 0 Å². The topological polar surface area (TPSA) is 35.0 Å². The van der Waals surface area contributed by atoms with E-state index in [0.717, 1.165) is 23.6 Å². The Labute approximate surface area is 111 Å². The van der Waals surface area contributed by atoms with Gasteiger partial charge in [0.2, 0.25) is 5.88 Å². The Kier molecular flexibility index (Phi) is 3.33. The van der Waals surface area contributed by atoms with E-state index in [9.17, 15) is 0 Å². The molecule has 1 aliphatic rings. The summed E-state index contributed by atoms with van der Waals surface area (Å²) in [6.07, 6.45) is 6.29. The van der Waals surface area contributed by atoms with E-state index in [-0.39, 0.29) is 6.10 Å². The zero-order valence-electron chi connectivity index (χ0n) is 10.1. The van der Waals surface area contributed by atoms with Crippen molar-refractivity contribution < 1.29 is 4.74 Å². The van der Waals surface area contributed by atoms with Gasteiger partial charge in [-0.3, -0.25) is 0 Å². The van der Waals surface area contributed by atoms with Crippen molar-refractivity contribution in [2.75, 3.05) is 0 Å². The average molecular weight is 263 g/mol. The lowest BCUT2D eigenvalue weighted by molar-refractivity contribution is 0.149. The molecular weight excluding hydrogens is 248 g/mol. The third kappa shape index (κ3) is 2.27. The first-order valence-electron chi connectivity index (χ1n) is 6.42. The van der Waals surface area contributed by atoms with E-state index >= 15 is 0 Å². The molecule has 3 nitrogen and oxygen atoms in total. The summed E-state index contributed by atoms with van der Waals surface area (Å²) in [6.45, 7) is 0. The van der Waals surface area contributed by atoms with Crippen LogP contribution in [0.3, 0.4) is 0 Å². The number of hydrogen-bond acceptors (Lipinski definition) is 3. The molecule has 1 aromatic carbocycles. The number of benzene rings is 1. The molecule has 0 amide bonds. The SMILES string of the molecule is Clc1nnc(OC2CCCCC2)c2ccccc12. The number of halogens is 1. The molecule has 0 saturated heterocycles. The molecule has 0 N–H and O–H groups in total. The second kappa shape index (κ2) is 5.11. The van der Waals surface area contributed by atoms with Gasteiger partial charge < -0.3 is 4.74 Å². The fourth-order valence-corrected chi connectivity index (χ4v) is 2.68. The highest BCUT2D eigenvalue weighted by Crippen LogP contribution is 2.30. The molecule has 2 aromatic rings. The Hall–Kier alpha value is -1.35. The second-order valence-corrected chi connectivity index (χ2v) is 5.08. The number of hydrogen-bond donors (Lipinski definition) is 0. The third-order valence-corrected chi connectivity index (χ3v) is 3.72. The van der Waals surface area contributed by atoms with Gasteiger partial charge in [-0.1, -0.05) is 36.2 Å². The van der Waals surface area contributed by atoms with E-state index in [1.807, 2.05) is 24.3 Å². The van der Waals surface area contributed by atoms with Crippen LogP contribution in [0, 0.1) is 0 Å². The molecule has 18 heavy (non-hydrogen) atoms. The summed E-state index contributed by atoms with van der Waals surface area (Å²) < 4.78 is 5.99. The molecule has 1 heterocycles. The zero-order valence-corrected chi connectivity index (χ0v) is 10.9. The van der Waals surface area contributed by atoms with Crippen LogP contribution in [-0.4, -0.2) is 16.3 Å². The normalized spacial score (nSPS) is 16.9. The molecule has 3 rings (SSSR count). The molecule has 1 saturated carbocycles. The highest BCUT2D eigenvalue weighted by Gasteiger charge is 2.17. The first-order valence-corrected chi connectivity index (χ1v) is 6.80. The maximum Gasteiger partial charge on any atom is 0.241 e. The van der Waals surface area contributed by atoms with Gasteiger partial charge in [0.05, 0.1) is 0 Å². The molecule has 1 aliphatic carbocycles. The lowest BCUT2D eigenvalue weighted by Gasteiger charge is -2.22. The van der Waals surface area contributed by atoms with E-state index in [1.165, 1.54) is 19.3 Å². The maximum absolute atomic E-state index is 6.04. The van der Waals surface area contributed by atoms with Crippen molar-refractivity contribution in [2.24, 2.45) is 0 Å². The third-order valence-electron chi connectivity index (χ3n) is 3.44. The largest absolute Gasteiger partial charge is 0.473 e. The highest BCUT2D eigenvalue weighted by molar-refractivity contribution is 6.34. The minimum Gasteiger partial charge on any atom is -0.473 e. The Bertz CT molecular complexity index is 552. The molecule has 0 aliphatic heterocycles. The molecule has 4 heteroatoms. The van der Waals surface area contributed by atoms with Gasteiger partial charge in [0, 0.05) is 10.8 Å². The number of nitrogens with zero attached hydrogens (tertiary/aromatic N) is 2. The van der Waals surface area contributed by atoms with Crippen LogP contribution in [0.1, 0.15) is 32.1 Å². The molecule has 0 atom stereocenters. The van der Waals surface area contributed by atoms with Crippen molar-refractivity contribution in [1.82, 2.24) is 10.2 Å². The summed E-state index contributed by atoms with van der Waals surface area (Å²) in [4.78, 5) is 0. The van der Waals surface area contributed by atoms with E-state index in [1.54, 1.807) is 0 Å². The van der Waals surface area contributed by atoms with Gasteiger partial charge in [-0.25, -0.2) is 0 Å². The van der Waals surface area contributed by atoms with E-state index in [0.29, 0.717) is 11.0 Å². The molecular formula is C14H15ClN2O. The van der Waals surface area contributed by atoms with Gasteiger partial charge >= 0.3 is 0 Å². The fourth-order valence-electron chi connectivity index (χ4n) is 2.47. The van der Waals surface area contributed by atoms with Crippen LogP contribution in [0.4, 0.5) is 0 Å². The molecule has 0 radical (unpaired) electrons. The highest BCUT2D eigenvalue weighted by atomic mass is 35.5. The summed E-state index contributed by atoms with van der Waals surface area (Å²) >= 11 is 6.04. The Morgan fingerprint density at radius 3 is 2.50 bits per heavy atom. The van der Waals surface area contributed by atoms with Crippen LogP contribution in [-0.2, 0) is 0 Å². The summed E-state index contributed by atoms with van der Waals surface area (Å²) in [7, 11) is 0. The first kappa shape index (κ1) is 11.7. The predicted octanol–water partition coefficient (Wildman–Crippen LogP) is 3.99. The quantitative estimate of drug-likeness (QED) is 0.821. The van der Waals surface area contributed by atoms with Crippen LogP contribution in [0.25, 0.3) is 10.8 Å². The molecule has 94 valence electrons. The average Bonchev–Trinajstić information content (AvgIpc) is 2.44. The van der Waals surface area contributed by atoms with Crippen molar-refractivity contribution in [2.45, 2.75) is 38.2 Å². The Morgan fingerprint density at radius 2 is 1.72 bits per heavy atom. The van der Waals surface area contributed by atoms with Crippen LogP contribution >= 0.6 is 11.6 Å². The van der Waals surface area contributed by atoms with Gasteiger partial charge in [0.1, 0.15) is 6.10 Å². The van der Waals surface area contributed by atoms with Crippen LogP contribution in [0.15, 0.2) is 24.3 Å². The monoisotopic (exact) mass is 262 g/mol. The van der Waals surface area contributed by atoms with Gasteiger partial charge in [-0.15, -0.1) is 10.2 Å². The zero-order chi connectivity index (χ0) is 12.4. The number of aromatic nitrogens is 2. The molecule has 0 spiro atoms. The van der Waals surface area contributed by atoms with E-state index in [2.05, 4.69) is 10.2 Å². The lowest BCUT2D eigenvalue weighted by atomic mass is 9.98. The van der Waals surface area contributed by atoms with Crippen molar-refractivity contribution in [3.05, 3.63) is 29.4 Å². The van der Waals surface area contributed by atoms with Gasteiger partial charge in [0.15, 0.2) is 5.15 Å². The molecule has 1 aromatic heterocycles. The minimum atomic E-state index is 0.276. The predicted molar refractivity (Wildman–Crippen MR) is 72.0 cm³/mol. The van der Waals surface area contributed by atoms with E-state index in [4.69, 9.17) is 16.3 Å². The summed E-state index contributed by atoms with van der Waals surface area (Å²) in [5.74, 6) is 0.613. The summed E-state index contributed by atoms with van der Waals surface area (Å²) in [5.41, 5.74) is 0. The number of fused-ring (bicyclic) bond motifs is 1.